The molecule has 0 spiro atoms. The van der Waals surface area contributed by atoms with Crippen LogP contribution in [0, 0.1) is 17.6 Å². The van der Waals surface area contributed by atoms with Crippen LogP contribution in [0.1, 0.15) is 32.3 Å². The molecule has 0 unspecified atom stereocenters. The highest BCUT2D eigenvalue weighted by atomic mass is 19.4. The van der Waals surface area contributed by atoms with Crippen LogP contribution in [0.25, 0.3) is 0 Å². The number of rotatable bonds is 5. The van der Waals surface area contributed by atoms with Crippen LogP contribution >= 0.6 is 0 Å². The highest BCUT2D eigenvalue weighted by Crippen LogP contribution is 2.55. The molecule has 2 fully saturated rings. The van der Waals surface area contributed by atoms with Gasteiger partial charge in [-0.3, -0.25) is 19.4 Å². The molecule has 0 radical (unpaired) electrons. The third kappa shape index (κ3) is 5.05. The number of halogens is 5. The van der Waals surface area contributed by atoms with Crippen molar-refractivity contribution in [2.24, 2.45) is 5.92 Å². The third-order valence-electron chi connectivity index (χ3n) is 7.75. The molecule has 0 aliphatic carbocycles. The van der Waals surface area contributed by atoms with E-state index in [0.29, 0.717) is 6.54 Å². The van der Waals surface area contributed by atoms with E-state index in [2.05, 4.69) is 10.3 Å². The van der Waals surface area contributed by atoms with E-state index in [0.717, 1.165) is 26.2 Å². The van der Waals surface area contributed by atoms with Gasteiger partial charge in [0.05, 0.1) is 13.7 Å². The van der Waals surface area contributed by atoms with Crippen molar-refractivity contribution in [1.29, 1.82) is 0 Å². The first kappa shape index (κ1) is 28.7. The van der Waals surface area contributed by atoms with E-state index in [1.165, 1.54) is 30.2 Å². The molecule has 1 aromatic heterocycles. The van der Waals surface area contributed by atoms with Crippen LogP contribution in [0.3, 0.4) is 0 Å². The van der Waals surface area contributed by atoms with Crippen molar-refractivity contribution in [3.05, 3.63) is 47.7 Å². The van der Waals surface area contributed by atoms with Gasteiger partial charge in [-0.2, -0.15) is 17.6 Å². The quantitative estimate of drug-likeness (QED) is 0.559. The Hall–Kier alpha value is -3.32. The lowest BCUT2D eigenvalue weighted by molar-refractivity contribution is -0.272. The lowest BCUT2D eigenvalue weighted by Crippen LogP contribution is -2.54. The minimum absolute atomic E-state index is 0.0445. The van der Waals surface area contributed by atoms with Gasteiger partial charge in [0.25, 0.3) is 5.91 Å². The van der Waals surface area contributed by atoms with Crippen molar-refractivity contribution < 1.29 is 41.0 Å². The number of methoxy groups -OCH3 is 1. The fraction of sp³-hybridized carbons (Fsp3) is 0.500. The van der Waals surface area contributed by atoms with Crippen molar-refractivity contribution in [2.45, 2.75) is 50.6 Å². The summed E-state index contributed by atoms with van der Waals surface area (Å²) in [5, 5.41) is 2.54. The summed E-state index contributed by atoms with van der Waals surface area (Å²) in [6, 6.07) is 4.75. The molecule has 2 aromatic rings. The number of carbonyl (C=O) groups excluding carboxylic acids is 2. The summed E-state index contributed by atoms with van der Waals surface area (Å²) in [6.45, 7) is 4.51. The number of aromatic nitrogens is 1. The molecule has 5 atom stereocenters. The highest BCUT2D eigenvalue weighted by Gasteiger charge is 2.66. The Morgan fingerprint density at radius 2 is 1.92 bits per heavy atom. The number of benzene rings is 1. The second kappa shape index (κ2) is 10.3. The number of amides is 2. The Morgan fingerprint density at radius 3 is 2.56 bits per heavy atom. The summed E-state index contributed by atoms with van der Waals surface area (Å²) in [4.78, 5) is 33.6. The van der Waals surface area contributed by atoms with Crippen LogP contribution in [0.4, 0.5) is 33.5 Å². The summed E-state index contributed by atoms with van der Waals surface area (Å²) in [5.74, 6) is -6.85. The molecule has 0 saturated carbocycles. The van der Waals surface area contributed by atoms with E-state index in [1.807, 2.05) is 18.9 Å². The predicted octanol–water partition coefficient (Wildman–Crippen LogP) is 4.11. The maximum absolute atomic E-state index is 14.5. The number of piperazine rings is 1. The minimum atomic E-state index is -4.88. The average Bonchev–Trinajstić information content (AvgIpc) is 3.15. The zero-order chi connectivity index (χ0) is 28.9. The molecule has 212 valence electrons. The smallest absolute Gasteiger partial charge is 0.417 e. The number of likely N-dealkylation sites (N-methyl/N-ethyl adjacent to an activating group) is 1. The normalized spacial score (nSPS) is 28.1. The Bertz CT molecular complexity index is 1280. The van der Waals surface area contributed by atoms with Crippen molar-refractivity contribution in [1.82, 2.24) is 9.88 Å². The zero-order valence-corrected chi connectivity index (χ0v) is 22.0. The average molecular weight is 557 g/mol. The molecule has 2 saturated heterocycles. The van der Waals surface area contributed by atoms with E-state index in [-0.39, 0.29) is 35.6 Å². The van der Waals surface area contributed by atoms with Crippen LogP contribution in [0.5, 0.6) is 5.75 Å². The van der Waals surface area contributed by atoms with E-state index >= 15 is 0 Å². The first-order valence-electron chi connectivity index (χ1n) is 12.2. The first-order valence-corrected chi connectivity index (χ1v) is 12.2. The SMILES string of the molecule is COc1c([C@H]2[C@H](C(=O)Nc3ccnc(N4C[C@@H](C)N(C)CC4=O)c3)O[C@@](C)(C(F)(F)F)[C@H]2C)ccc(F)c1F. The summed E-state index contributed by atoms with van der Waals surface area (Å²) in [6.07, 6.45) is -5.27. The molecular weight excluding hydrogens is 527 g/mol. The Kier molecular flexibility index (Phi) is 7.60. The molecule has 13 heteroatoms. The van der Waals surface area contributed by atoms with E-state index in [1.54, 1.807) is 0 Å². The summed E-state index contributed by atoms with van der Waals surface area (Å²) in [5.41, 5.74) is -2.75. The standard InChI is InChI=1S/C26H29F5N4O4/c1-13-11-35(19(36)12-34(13)4)18-10-15(8-9-32-18)33-24(37)23-20(14(2)25(3,39-23)26(29,30)31)16-6-7-17(27)21(28)22(16)38-5/h6-10,13-14,20,23H,11-12H2,1-5H3,(H,32,33,37)/t13-,14+,20+,23-,25-/m1/s1. The van der Waals surface area contributed by atoms with Crippen molar-refractivity contribution in [2.75, 3.05) is 37.5 Å². The van der Waals surface area contributed by atoms with Gasteiger partial charge in [0.2, 0.25) is 11.7 Å². The lowest BCUT2D eigenvalue weighted by Gasteiger charge is -2.36. The fourth-order valence-corrected chi connectivity index (χ4v) is 5.08. The molecular formula is C26H29F5N4O4. The van der Waals surface area contributed by atoms with Gasteiger partial charge in [0.1, 0.15) is 11.9 Å². The third-order valence-corrected chi connectivity index (χ3v) is 7.75. The lowest BCUT2D eigenvalue weighted by atomic mass is 9.77. The number of nitrogens with zero attached hydrogens (tertiary/aromatic N) is 3. The number of ether oxygens (including phenoxy) is 2. The molecule has 3 heterocycles. The fourth-order valence-electron chi connectivity index (χ4n) is 5.08. The van der Waals surface area contributed by atoms with E-state index in [4.69, 9.17) is 9.47 Å². The first-order chi connectivity index (χ1) is 18.2. The van der Waals surface area contributed by atoms with Gasteiger partial charge in [-0.05, 0) is 33.0 Å². The van der Waals surface area contributed by atoms with Crippen molar-refractivity contribution in [3.63, 3.8) is 0 Å². The van der Waals surface area contributed by atoms with Crippen LogP contribution in [0.2, 0.25) is 0 Å². The molecule has 2 aliphatic heterocycles. The molecule has 8 nitrogen and oxygen atoms in total. The van der Waals surface area contributed by atoms with E-state index in [9.17, 15) is 31.5 Å². The number of pyridine rings is 1. The van der Waals surface area contributed by atoms with Crippen LogP contribution in [-0.4, -0.2) is 72.9 Å². The van der Waals surface area contributed by atoms with Gasteiger partial charge in [-0.15, -0.1) is 0 Å². The zero-order valence-electron chi connectivity index (χ0n) is 22.0. The van der Waals surface area contributed by atoms with Crippen molar-refractivity contribution >= 4 is 23.3 Å². The van der Waals surface area contributed by atoms with Crippen LogP contribution < -0.4 is 15.0 Å². The molecule has 2 amide bonds. The molecule has 0 bridgehead atoms. The number of nitrogens with one attached hydrogen (secondary N) is 1. The van der Waals surface area contributed by atoms with Gasteiger partial charge < -0.3 is 14.8 Å². The van der Waals surface area contributed by atoms with E-state index < -0.39 is 53.0 Å². The van der Waals surface area contributed by atoms with Gasteiger partial charge in [-0.1, -0.05) is 13.0 Å². The molecule has 1 N–H and O–H groups in total. The van der Waals surface area contributed by atoms with Gasteiger partial charge in [0.15, 0.2) is 17.2 Å². The Morgan fingerprint density at radius 1 is 1.23 bits per heavy atom. The maximum atomic E-state index is 14.5. The molecule has 39 heavy (non-hydrogen) atoms. The van der Waals surface area contributed by atoms with Gasteiger partial charge in [-0.25, -0.2) is 9.37 Å². The highest BCUT2D eigenvalue weighted by molar-refractivity contribution is 5.98. The Labute approximate surface area is 222 Å². The molecule has 2 aliphatic rings. The second-order valence-electron chi connectivity index (χ2n) is 10.1. The van der Waals surface area contributed by atoms with Crippen LogP contribution in [-0.2, 0) is 14.3 Å². The summed E-state index contributed by atoms with van der Waals surface area (Å²) >= 11 is 0. The second-order valence-corrected chi connectivity index (χ2v) is 10.1. The van der Waals surface area contributed by atoms with Gasteiger partial charge in [0, 0.05) is 47.9 Å². The topological polar surface area (TPSA) is 84.0 Å². The summed E-state index contributed by atoms with van der Waals surface area (Å²) < 4.78 is 81.3. The predicted molar refractivity (Wildman–Crippen MR) is 131 cm³/mol. The largest absolute Gasteiger partial charge is 0.493 e. The van der Waals surface area contributed by atoms with Crippen molar-refractivity contribution in [3.8, 4) is 5.75 Å². The summed E-state index contributed by atoms with van der Waals surface area (Å²) in [7, 11) is 2.87. The molecule has 1 aromatic carbocycles. The number of alkyl halides is 3. The Balaban J connectivity index is 1.68. The molecule has 4 rings (SSSR count). The monoisotopic (exact) mass is 556 g/mol. The minimum Gasteiger partial charge on any atom is -0.493 e. The number of carbonyl (C=O) groups is 2. The van der Waals surface area contributed by atoms with Gasteiger partial charge >= 0.3 is 6.18 Å². The number of hydrogen-bond donors (Lipinski definition) is 1. The van der Waals surface area contributed by atoms with Crippen LogP contribution in [0.15, 0.2) is 30.5 Å². The number of anilines is 2. The maximum Gasteiger partial charge on any atom is 0.417 e. The number of hydrogen-bond acceptors (Lipinski definition) is 6.